The highest BCUT2D eigenvalue weighted by Gasteiger charge is 2.31. The fraction of sp³-hybridized carbons (Fsp3) is 0.333. The number of benzene rings is 1. The Bertz CT molecular complexity index is 544. The summed E-state index contributed by atoms with van der Waals surface area (Å²) in [6.07, 6.45) is 1.82. The van der Waals surface area contributed by atoms with E-state index in [4.69, 9.17) is 0 Å². The monoisotopic (exact) mass is 268 g/mol. The molecule has 1 aliphatic rings. The lowest BCUT2D eigenvalue weighted by atomic mass is 10.1. The second-order valence-corrected chi connectivity index (χ2v) is 4.04. The number of aromatic nitrogens is 1. The molecular formula is C18H24N2. The van der Waals surface area contributed by atoms with Gasteiger partial charge in [0, 0.05) is 6.20 Å². The van der Waals surface area contributed by atoms with Crippen molar-refractivity contribution in [3.8, 4) is 0 Å². The zero-order valence-corrected chi connectivity index (χ0v) is 13.1. The Labute approximate surface area is 122 Å². The lowest BCUT2D eigenvalue weighted by Gasteiger charge is -1.98. The first-order valence-corrected chi connectivity index (χ1v) is 7.40. The third-order valence-electron chi connectivity index (χ3n) is 2.74. The maximum atomic E-state index is 4.49. The third kappa shape index (κ3) is 4.02. The predicted octanol–water partition coefficient (Wildman–Crippen LogP) is 4.99. The van der Waals surface area contributed by atoms with E-state index in [1.54, 1.807) is 0 Å². The average Bonchev–Trinajstić information content (AvgIpc) is 3.33. The summed E-state index contributed by atoms with van der Waals surface area (Å²) in [5, 5.41) is 0. The van der Waals surface area contributed by atoms with E-state index in [0.29, 0.717) is 0 Å². The molecule has 0 N–H and O–H groups in total. The van der Waals surface area contributed by atoms with Crippen LogP contribution in [0.15, 0.2) is 53.7 Å². The minimum Gasteiger partial charge on any atom is -0.270 e. The van der Waals surface area contributed by atoms with Crippen LogP contribution in [-0.2, 0) is 0 Å². The molecule has 0 saturated heterocycles. The van der Waals surface area contributed by atoms with E-state index in [2.05, 4.69) is 41.2 Å². The number of hydrogen-bond acceptors (Lipinski definition) is 2. The molecular weight excluding hydrogens is 244 g/mol. The van der Waals surface area contributed by atoms with Crippen LogP contribution in [0, 0.1) is 6.92 Å². The van der Waals surface area contributed by atoms with Gasteiger partial charge in [-0.15, -0.1) is 0 Å². The molecule has 2 nitrogen and oxygen atoms in total. The molecule has 0 saturated carbocycles. The fourth-order valence-corrected chi connectivity index (χ4v) is 1.88. The van der Waals surface area contributed by atoms with Crippen LogP contribution in [0.25, 0.3) is 0 Å². The van der Waals surface area contributed by atoms with Gasteiger partial charge in [0.25, 0.3) is 0 Å². The van der Waals surface area contributed by atoms with Crippen molar-refractivity contribution in [3.05, 3.63) is 65.5 Å². The molecule has 106 valence electrons. The SMILES string of the molecule is CC.CC.Cc1cccc(C2=NC2c2ccccn2)c1. The van der Waals surface area contributed by atoms with Gasteiger partial charge in [-0.2, -0.15) is 0 Å². The second kappa shape index (κ2) is 8.26. The lowest BCUT2D eigenvalue weighted by Crippen LogP contribution is -1.95. The highest BCUT2D eigenvalue weighted by Crippen LogP contribution is 2.33. The van der Waals surface area contributed by atoms with E-state index in [-0.39, 0.29) is 6.04 Å². The minimum absolute atomic E-state index is 0.183. The fourth-order valence-electron chi connectivity index (χ4n) is 1.88. The van der Waals surface area contributed by atoms with Crippen LogP contribution in [0.3, 0.4) is 0 Å². The smallest absolute Gasteiger partial charge is 0.134 e. The topological polar surface area (TPSA) is 25.2 Å². The van der Waals surface area contributed by atoms with Gasteiger partial charge in [0.15, 0.2) is 0 Å². The molecule has 0 bridgehead atoms. The number of pyridine rings is 1. The van der Waals surface area contributed by atoms with E-state index in [1.165, 1.54) is 11.1 Å². The number of aliphatic imine (C=N–C) groups is 1. The van der Waals surface area contributed by atoms with Crippen LogP contribution < -0.4 is 0 Å². The molecule has 1 unspecified atom stereocenters. The molecule has 0 aliphatic carbocycles. The van der Waals surface area contributed by atoms with Gasteiger partial charge < -0.3 is 0 Å². The van der Waals surface area contributed by atoms with Crippen LogP contribution in [-0.4, -0.2) is 10.7 Å². The largest absolute Gasteiger partial charge is 0.270 e. The van der Waals surface area contributed by atoms with E-state index in [0.717, 1.165) is 11.4 Å². The van der Waals surface area contributed by atoms with Crippen LogP contribution in [0.4, 0.5) is 0 Å². The Balaban J connectivity index is 0.000000461. The summed E-state index contributed by atoms with van der Waals surface area (Å²) < 4.78 is 0. The number of nitrogens with zero attached hydrogens (tertiary/aromatic N) is 2. The molecule has 1 aliphatic heterocycles. The quantitative estimate of drug-likeness (QED) is 0.753. The van der Waals surface area contributed by atoms with Gasteiger partial charge in [-0.3, -0.25) is 9.98 Å². The Morgan fingerprint density at radius 1 is 0.900 bits per heavy atom. The summed E-state index contributed by atoms with van der Waals surface area (Å²) in [7, 11) is 0. The van der Waals surface area contributed by atoms with Crippen molar-refractivity contribution in [3.63, 3.8) is 0 Å². The molecule has 0 radical (unpaired) electrons. The molecule has 0 spiro atoms. The Morgan fingerprint density at radius 3 is 2.25 bits per heavy atom. The molecule has 1 aromatic carbocycles. The predicted molar refractivity (Wildman–Crippen MR) is 87.4 cm³/mol. The van der Waals surface area contributed by atoms with Crippen LogP contribution >= 0.6 is 0 Å². The third-order valence-corrected chi connectivity index (χ3v) is 2.74. The van der Waals surface area contributed by atoms with Crippen molar-refractivity contribution < 1.29 is 0 Å². The molecule has 20 heavy (non-hydrogen) atoms. The van der Waals surface area contributed by atoms with Crippen molar-refractivity contribution >= 4 is 5.71 Å². The average molecular weight is 268 g/mol. The van der Waals surface area contributed by atoms with Crippen molar-refractivity contribution in [2.24, 2.45) is 4.99 Å². The maximum Gasteiger partial charge on any atom is 0.134 e. The molecule has 2 heteroatoms. The molecule has 3 rings (SSSR count). The summed E-state index contributed by atoms with van der Waals surface area (Å²) in [5.74, 6) is 0. The van der Waals surface area contributed by atoms with E-state index in [1.807, 2.05) is 52.1 Å². The van der Waals surface area contributed by atoms with Gasteiger partial charge >= 0.3 is 0 Å². The zero-order valence-electron chi connectivity index (χ0n) is 13.1. The first kappa shape index (κ1) is 16.1. The first-order chi connectivity index (χ1) is 9.84. The molecule has 0 amide bonds. The molecule has 2 heterocycles. The Hall–Kier alpha value is -1.96. The van der Waals surface area contributed by atoms with Gasteiger partial charge in [-0.25, -0.2) is 0 Å². The maximum absolute atomic E-state index is 4.49. The van der Waals surface area contributed by atoms with E-state index < -0.39 is 0 Å². The normalized spacial score (nSPS) is 15.1. The lowest BCUT2D eigenvalue weighted by molar-refractivity contribution is 1.03. The van der Waals surface area contributed by atoms with Crippen LogP contribution in [0.5, 0.6) is 0 Å². The highest BCUT2D eigenvalue weighted by atomic mass is 15.0. The van der Waals surface area contributed by atoms with Crippen molar-refractivity contribution in [1.82, 2.24) is 4.98 Å². The Morgan fingerprint density at radius 2 is 1.65 bits per heavy atom. The number of hydrogen-bond donors (Lipinski definition) is 0. The Kier molecular flexibility index (Phi) is 6.65. The minimum atomic E-state index is 0.183. The molecule has 0 fully saturated rings. The molecule has 2 aromatic rings. The van der Waals surface area contributed by atoms with Gasteiger partial charge in [0.2, 0.25) is 0 Å². The molecule has 1 atom stereocenters. The summed E-state index contributed by atoms with van der Waals surface area (Å²) in [6.45, 7) is 10.1. The standard InChI is InChI=1S/C14H12N2.2C2H6/c1-10-5-4-6-11(9-10)13-14(16-13)12-7-2-3-8-15-12;2*1-2/h2-9,14H,1H3;2*1-2H3. The zero-order chi connectivity index (χ0) is 15.0. The highest BCUT2D eigenvalue weighted by molar-refractivity contribution is 6.13. The van der Waals surface area contributed by atoms with Crippen LogP contribution in [0.2, 0.25) is 0 Å². The van der Waals surface area contributed by atoms with Crippen molar-refractivity contribution in [2.75, 3.05) is 0 Å². The second-order valence-electron chi connectivity index (χ2n) is 4.04. The number of aryl methyl sites for hydroxylation is 1. The summed E-state index contributed by atoms with van der Waals surface area (Å²) in [6, 6.07) is 14.6. The molecule has 1 aromatic heterocycles. The summed E-state index contributed by atoms with van der Waals surface area (Å²) in [4.78, 5) is 8.81. The van der Waals surface area contributed by atoms with E-state index >= 15 is 0 Å². The van der Waals surface area contributed by atoms with E-state index in [9.17, 15) is 0 Å². The van der Waals surface area contributed by atoms with Gasteiger partial charge in [0.1, 0.15) is 6.04 Å². The van der Waals surface area contributed by atoms with Crippen molar-refractivity contribution in [2.45, 2.75) is 40.7 Å². The van der Waals surface area contributed by atoms with Crippen molar-refractivity contribution in [1.29, 1.82) is 0 Å². The summed E-state index contributed by atoms with van der Waals surface area (Å²) in [5.41, 5.74) is 4.68. The van der Waals surface area contributed by atoms with Crippen LogP contribution in [0.1, 0.15) is 50.6 Å². The van der Waals surface area contributed by atoms with Gasteiger partial charge in [-0.1, -0.05) is 63.6 Å². The van der Waals surface area contributed by atoms with Gasteiger partial charge in [0.05, 0.1) is 11.4 Å². The first-order valence-electron chi connectivity index (χ1n) is 7.40. The van der Waals surface area contributed by atoms with Gasteiger partial charge in [-0.05, 0) is 24.6 Å². The summed E-state index contributed by atoms with van der Waals surface area (Å²) >= 11 is 0. The number of rotatable bonds is 2.